The van der Waals surface area contributed by atoms with Gasteiger partial charge in [-0.05, 0) is 118 Å². The number of Topliss-reactive ketones (excluding diaryl/α,β-unsaturated/α-hetero) is 1. The van der Waals surface area contributed by atoms with E-state index in [0.717, 1.165) is 113 Å². The molecule has 398 valence electrons. The van der Waals surface area contributed by atoms with Gasteiger partial charge in [0.1, 0.15) is 40.5 Å². The second-order valence-electron chi connectivity index (χ2n) is 22.7. The fourth-order valence-corrected chi connectivity index (χ4v) is 13.5. The number of hydrogen-bond acceptors (Lipinski definition) is 11. The molecule has 76 heavy (non-hydrogen) atoms. The third-order valence-electron chi connectivity index (χ3n) is 17.5. The van der Waals surface area contributed by atoms with Crippen LogP contribution in [-0.4, -0.2) is 78.7 Å². The van der Waals surface area contributed by atoms with Crippen LogP contribution in [0, 0.1) is 35.8 Å². The van der Waals surface area contributed by atoms with Crippen LogP contribution in [0.2, 0.25) is 0 Å². The molecule has 3 aliphatic heterocycles. The Morgan fingerprint density at radius 3 is 2.39 bits per heavy atom. The summed E-state index contributed by atoms with van der Waals surface area (Å²) in [6, 6.07) is 12.8. The molecule has 5 fully saturated rings. The second kappa shape index (κ2) is 22.6. The number of phenols is 1. The Hall–Kier alpha value is -6.53. The maximum absolute atomic E-state index is 17.1. The van der Waals surface area contributed by atoms with E-state index in [9.17, 15) is 19.5 Å². The fourth-order valence-electron chi connectivity index (χ4n) is 13.5. The van der Waals surface area contributed by atoms with Crippen molar-refractivity contribution >= 4 is 56.0 Å². The Labute approximate surface area is 443 Å². The number of unbranched alkanes of at least 4 members (excludes halogenated alkanes) is 7. The third kappa shape index (κ3) is 10.9. The molecule has 3 N–H and O–H groups in total. The molecule has 3 saturated heterocycles. The van der Waals surface area contributed by atoms with Crippen molar-refractivity contribution in [3.05, 3.63) is 77.1 Å². The number of fused-ring (bicyclic) bond motifs is 5. The molecular formula is C61H70F2N8O5. The number of ether oxygens (including phenoxy) is 1. The first kappa shape index (κ1) is 51.6. The van der Waals surface area contributed by atoms with Gasteiger partial charge in [-0.1, -0.05) is 81.9 Å². The van der Waals surface area contributed by atoms with Gasteiger partial charge in [0.05, 0.1) is 28.1 Å². The summed E-state index contributed by atoms with van der Waals surface area (Å²) in [7, 11) is 1.91. The first-order valence-electron chi connectivity index (χ1n) is 28.3. The monoisotopic (exact) mass is 1030 g/mol. The number of phenolic OH excluding ortho intramolecular Hbond substituents is 1. The van der Waals surface area contributed by atoms with Crippen molar-refractivity contribution in [3.8, 4) is 35.4 Å². The van der Waals surface area contributed by atoms with Gasteiger partial charge in [0.2, 0.25) is 11.8 Å². The zero-order chi connectivity index (χ0) is 52.5. The number of piperazine rings is 1. The molecule has 5 aliphatic rings. The minimum atomic E-state index is -0.714. The van der Waals surface area contributed by atoms with Crippen LogP contribution in [0.5, 0.6) is 11.8 Å². The van der Waals surface area contributed by atoms with Crippen LogP contribution in [0.4, 0.5) is 14.6 Å². The van der Waals surface area contributed by atoms with Gasteiger partial charge < -0.3 is 20.1 Å². The fraction of sp³-hybridized carbons (Fsp3) is 0.525. The predicted molar refractivity (Wildman–Crippen MR) is 290 cm³/mol. The molecule has 5 unspecified atom stereocenters. The van der Waals surface area contributed by atoms with E-state index in [1.54, 1.807) is 6.20 Å². The molecular weight excluding hydrogens is 963 g/mol. The average molecular weight is 1030 g/mol. The summed E-state index contributed by atoms with van der Waals surface area (Å²) in [6.07, 6.45) is 29.1. The van der Waals surface area contributed by atoms with Gasteiger partial charge in [0, 0.05) is 73.5 Å². The number of halogens is 2. The van der Waals surface area contributed by atoms with Gasteiger partial charge in [-0.2, -0.15) is 15.1 Å². The number of hydrogen-bond donors (Lipinski definition) is 3. The standard InChI is InChI=1S/C61H70F2N8O5/c1-3-45-50(62)27-22-40-30-43(72)32-48(54(40)45)57-55(63)58-49(33-64-57)59(71-34-41-23-24-42(35-71)65-41)68-61(67-58)76-44-15-12-14-36(29-44)13-10-8-6-4-5-7-9-11-16-52(73)38-19-17-37(18-20-38)39-21-25-46-51(31-39)70(2)69-56(46)47-26-28-53(74)66-60(47)75/h1,21-22,25,27,30-33,36-38,41-42,44,47,65,72H,4-20,23-24,26,28-29,34-35H2,2H3,(H,66,74,75). The van der Waals surface area contributed by atoms with Crippen molar-refractivity contribution in [2.75, 3.05) is 18.0 Å². The van der Waals surface area contributed by atoms with Gasteiger partial charge in [-0.25, -0.2) is 8.78 Å². The van der Waals surface area contributed by atoms with Crippen molar-refractivity contribution in [1.82, 2.24) is 35.4 Å². The molecule has 2 aliphatic carbocycles. The van der Waals surface area contributed by atoms with Crippen LogP contribution in [0.25, 0.3) is 43.8 Å². The molecule has 5 atom stereocenters. The van der Waals surface area contributed by atoms with E-state index in [2.05, 4.69) is 44.6 Å². The number of amides is 2. The zero-order valence-electron chi connectivity index (χ0n) is 43.7. The third-order valence-corrected chi connectivity index (χ3v) is 17.5. The quantitative estimate of drug-likeness (QED) is 0.0426. The number of carbonyl (C=O) groups excluding carboxylic acids is 3. The molecule has 0 spiro atoms. The van der Waals surface area contributed by atoms with Gasteiger partial charge in [0.25, 0.3) is 0 Å². The lowest BCUT2D eigenvalue weighted by atomic mass is 9.76. The summed E-state index contributed by atoms with van der Waals surface area (Å²) >= 11 is 0. The highest BCUT2D eigenvalue weighted by Crippen LogP contribution is 2.42. The highest BCUT2D eigenvalue weighted by molar-refractivity contribution is 6.04. The Morgan fingerprint density at radius 2 is 1.63 bits per heavy atom. The van der Waals surface area contributed by atoms with E-state index in [-0.39, 0.29) is 57.9 Å². The number of piperidine rings is 1. The van der Waals surface area contributed by atoms with Crippen LogP contribution in [-0.2, 0) is 21.4 Å². The van der Waals surface area contributed by atoms with Crippen molar-refractivity contribution < 1.29 is 33.0 Å². The van der Waals surface area contributed by atoms with Gasteiger partial charge in [-0.3, -0.25) is 29.4 Å². The molecule has 11 rings (SSSR count). The molecule has 6 heterocycles. The summed E-state index contributed by atoms with van der Waals surface area (Å²) in [6.45, 7) is 1.44. The molecule has 2 amide bonds. The van der Waals surface area contributed by atoms with Crippen LogP contribution < -0.4 is 20.3 Å². The van der Waals surface area contributed by atoms with Crippen molar-refractivity contribution in [1.29, 1.82) is 0 Å². The zero-order valence-corrected chi connectivity index (χ0v) is 43.7. The number of carbonyl (C=O) groups is 3. The highest BCUT2D eigenvalue weighted by Gasteiger charge is 2.36. The number of rotatable bonds is 18. The molecule has 3 aromatic heterocycles. The number of aromatic hydroxyl groups is 1. The van der Waals surface area contributed by atoms with Gasteiger partial charge in [-0.15, -0.1) is 6.42 Å². The second-order valence-corrected chi connectivity index (χ2v) is 22.7. The number of aryl methyl sites for hydroxylation is 1. The summed E-state index contributed by atoms with van der Waals surface area (Å²) < 4.78 is 40.6. The van der Waals surface area contributed by atoms with E-state index in [0.29, 0.717) is 70.9 Å². The van der Waals surface area contributed by atoms with Gasteiger partial charge >= 0.3 is 6.01 Å². The number of anilines is 1. The van der Waals surface area contributed by atoms with E-state index >= 15 is 8.78 Å². The summed E-state index contributed by atoms with van der Waals surface area (Å²) in [5.74, 6) is 2.18. The normalized spacial score (nSPS) is 23.8. The lowest BCUT2D eigenvalue weighted by Gasteiger charge is -2.34. The number of aromatic nitrogens is 5. The first-order valence-corrected chi connectivity index (χ1v) is 28.3. The Morgan fingerprint density at radius 1 is 0.868 bits per heavy atom. The van der Waals surface area contributed by atoms with Crippen molar-refractivity contribution in [2.45, 2.75) is 171 Å². The number of benzene rings is 3. The maximum Gasteiger partial charge on any atom is 0.319 e. The smallest absolute Gasteiger partial charge is 0.319 e. The molecule has 13 nitrogen and oxygen atoms in total. The topological polar surface area (TPSA) is 164 Å². The number of nitrogens with one attached hydrogen (secondary N) is 2. The largest absolute Gasteiger partial charge is 0.508 e. The lowest BCUT2D eigenvalue weighted by Crippen LogP contribution is -2.51. The molecule has 2 saturated carbocycles. The Bertz CT molecular complexity index is 3200. The number of nitrogens with zero attached hydrogens (tertiary/aromatic N) is 6. The van der Waals surface area contributed by atoms with Crippen molar-refractivity contribution in [2.24, 2.45) is 18.9 Å². The van der Waals surface area contributed by atoms with Crippen molar-refractivity contribution in [3.63, 3.8) is 0 Å². The number of ketones is 1. The van der Waals surface area contributed by atoms with E-state index in [1.165, 1.54) is 68.4 Å². The van der Waals surface area contributed by atoms with Gasteiger partial charge in [0.15, 0.2) is 5.82 Å². The summed E-state index contributed by atoms with van der Waals surface area (Å²) in [5.41, 5.74) is 3.12. The number of imide groups is 1. The van der Waals surface area contributed by atoms with Crippen LogP contribution >= 0.6 is 0 Å². The van der Waals surface area contributed by atoms with Crippen LogP contribution in [0.1, 0.15) is 170 Å². The highest BCUT2D eigenvalue weighted by atomic mass is 19.1. The predicted octanol–water partition coefficient (Wildman–Crippen LogP) is 11.5. The van der Waals surface area contributed by atoms with E-state index < -0.39 is 17.6 Å². The Kier molecular flexibility index (Phi) is 15.3. The Balaban J connectivity index is 0.626. The first-order chi connectivity index (χ1) is 37.0. The lowest BCUT2D eigenvalue weighted by molar-refractivity contribution is -0.134. The molecule has 15 heteroatoms. The molecule has 2 bridgehead atoms. The average Bonchev–Trinajstić information content (AvgIpc) is 3.96. The summed E-state index contributed by atoms with van der Waals surface area (Å²) in [5, 5.41) is 23.7. The summed E-state index contributed by atoms with van der Waals surface area (Å²) in [4.78, 5) is 54.1. The minimum Gasteiger partial charge on any atom is -0.508 e. The van der Waals surface area contributed by atoms with Crippen LogP contribution in [0.15, 0.2) is 48.7 Å². The molecule has 3 aromatic carbocycles. The molecule has 6 aromatic rings. The number of pyridine rings is 1. The van der Waals surface area contributed by atoms with E-state index in [4.69, 9.17) is 26.2 Å². The maximum atomic E-state index is 17.1. The number of terminal acetylenes is 1. The van der Waals surface area contributed by atoms with Crippen LogP contribution in [0.3, 0.4) is 0 Å². The van der Waals surface area contributed by atoms with E-state index in [1.807, 2.05) is 11.7 Å². The SMILES string of the molecule is C#Cc1c(F)ccc2cc(O)cc(-c3ncc4c(N5CC6CCC(C5)N6)nc(OC5CCCC(CCCCCCCCCCC(=O)C6CCC(c7ccc8c(C9CCC(=O)NC9=O)nn(C)c8c7)CC6)C5)nc4c3F)c12. The minimum absolute atomic E-state index is 0.0303. The molecule has 0 radical (unpaired) electrons.